The highest BCUT2D eigenvalue weighted by Crippen LogP contribution is 2.37. The van der Waals surface area contributed by atoms with E-state index >= 15 is 0 Å². The zero-order valence-corrected chi connectivity index (χ0v) is 20.4. The second-order valence-electron chi connectivity index (χ2n) is 8.21. The number of benzene rings is 3. The van der Waals surface area contributed by atoms with Crippen molar-refractivity contribution in [3.63, 3.8) is 0 Å². The molecular formula is C29H27N3O5. The van der Waals surface area contributed by atoms with Gasteiger partial charge in [-0.05, 0) is 28.8 Å². The number of pyridine rings is 1. The molecule has 0 aliphatic heterocycles. The molecule has 0 saturated carbocycles. The van der Waals surface area contributed by atoms with E-state index < -0.39 is 24.0 Å². The summed E-state index contributed by atoms with van der Waals surface area (Å²) in [5.41, 5.74) is 3.68. The minimum absolute atomic E-state index is 0.480. The molecule has 1 aromatic heterocycles. The fourth-order valence-corrected chi connectivity index (χ4v) is 4.29. The van der Waals surface area contributed by atoms with Gasteiger partial charge >= 0.3 is 6.09 Å². The van der Waals surface area contributed by atoms with E-state index in [0.717, 1.165) is 22.3 Å². The highest BCUT2D eigenvalue weighted by atomic mass is 16.5. The Labute approximate surface area is 214 Å². The molecule has 1 unspecified atom stereocenters. The quantitative estimate of drug-likeness (QED) is 0.294. The minimum atomic E-state index is -1.29. The predicted molar refractivity (Wildman–Crippen MR) is 141 cm³/mol. The number of rotatable bonds is 9. The average Bonchev–Trinajstić information content (AvgIpc) is 2.93. The van der Waals surface area contributed by atoms with Crippen LogP contribution in [0.15, 0.2) is 97.3 Å². The molecule has 0 aliphatic rings. The average molecular weight is 498 g/mol. The second kappa shape index (κ2) is 11.7. The summed E-state index contributed by atoms with van der Waals surface area (Å²) in [4.78, 5) is 29.4. The van der Waals surface area contributed by atoms with Crippen molar-refractivity contribution in [3.05, 3.63) is 108 Å². The van der Waals surface area contributed by atoms with Crippen LogP contribution in [0.1, 0.15) is 17.0 Å². The Morgan fingerprint density at radius 2 is 1.30 bits per heavy atom. The molecule has 0 radical (unpaired) electrons. The van der Waals surface area contributed by atoms with Gasteiger partial charge in [0.05, 0.1) is 32.2 Å². The maximum absolute atomic E-state index is 13.5. The number of nitrogens with one attached hydrogen (secondary N) is 2. The van der Waals surface area contributed by atoms with Gasteiger partial charge in [-0.3, -0.25) is 9.78 Å². The monoisotopic (exact) mass is 497 g/mol. The van der Waals surface area contributed by atoms with Crippen molar-refractivity contribution in [2.45, 2.75) is 12.0 Å². The molecule has 8 nitrogen and oxygen atoms in total. The lowest BCUT2D eigenvalue weighted by atomic mass is 9.84. The molecule has 0 aliphatic carbocycles. The smallest absolute Gasteiger partial charge is 0.405 e. The van der Waals surface area contributed by atoms with Crippen molar-refractivity contribution in [2.24, 2.45) is 0 Å². The Morgan fingerprint density at radius 1 is 0.784 bits per heavy atom. The molecule has 0 bridgehead atoms. The largest absolute Gasteiger partial charge is 0.494 e. The molecule has 8 heteroatoms. The molecule has 1 atom stereocenters. The highest BCUT2D eigenvalue weighted by Gasteiger charge is 2.32. The van der Waals surface area contributed by atoms with E-state index in [9.17, 15) is 14.7 Å². The van der Waals surface area contributed by atoms with E-state index in [4.69, 9.17) is 9.47 Å². The van der Waals surface area contributed by atoms with Gasteiger partial charge in [0, 0.05) is 11.6 Å². The molecular weight excluding hydrogens is 470 g/mol. The van der Waals surface area contributed by atoms with Gasteiger partial charge in [-0.1, -0.05) is 72.8 Å². The second-order valence-corrected chi connectivity index (χ2v) is 8.21. The van der Waals surface area contributed by atoms with Crippen LogP contribution in [0.3, 0.4) is 0 Å². The first kappa shape index (κ1) is 25.2. The van der Waals surface area contributed by atoms with E-state index in [1.54, 1.807) is 38.7 Å². The van der Waals surface area contributed by atoms with Crippen LogP contribution in [-0.2, 0) is 4.79 Å². The van der Waals surface area contributed by atoms with Crippen LogP contribution in [0.4, 0.5) is 10.5 Å². The van der Waals surface area contributed by atoms with Gasteiger partial charge < -0.3 is 25.2 Å². The Morgan fingerprint density at radius 3 is 1.76 bits per heavy atom. The first-order valence-corrected chi connectivity index (χ1v) is 11.6. The van der Waals surface area contributed by atoms with Crippen LogP contribution in [0, 0.1) is 0 Å². The Balaban J connectivity index is 1.65. The lowest BCUT2D eigenvalue weighted by Crippen LogP contribution is -2.47. The van der Waals surface area contributed by atoms with Crippen LogP contribution in [0.2, 0.25) is 0 Å². The number of hydrogen-bond donors (Lipinski definition) is 3. The maximum atomic E-state index is 13.5. The summed E-state index contributed by atoms with van der Waals surface area (Å²) in [5, 5.41) is 14.9. The molecule has 188 valence electrons. The first-order valence-electron chi connectivity index (χ1n) is 11.6. The van der Waals surface area contributed by atoms with Gasteiger partial charge in [0.2, 0.25) is 5.91 Å². The number of aromatic nitrogens is 1. The summed E-state index contributed by atoms with van der Waals surface area (Å²) in [7, 11) is 3.11. The zero-order valence-electron chi connectivity index (χ0n) is 20.4. The van der Waals surface area contributed by atoms with Gasteiger partial charge in [0.1, 0.15) is 17.5 Å². The van der Waals surface area contributed by atoms with Crippen molar-refractivity contribution in [1.29, 1.82) is 0 Å². The van der Waals surface area contributed by atoms with Crippen molar-refractivity contribution in [3.8, 4) is 22.6 Å². The van der Waals surface area contributed by atoms with E-state index in [-0.39, 0.29) is 0 Å². The van der Waals surface area contributed by atoms with E-state index in [2.05, 4.69) is 15.6 Å². The zero-order chi connectivity index (χ0) is 26.2. The molecule has 0 spiro atoms. The summed E-state index contributed by atoms with van der Waals surface area (Å²) in [6.07, 6.45) is 1.91. The van der Waals surface area contributed by atoms with Gasteiger partial charge in [0.25, 0.3) is 0 Å². The van der Waals surface area contributed by atoms with Crippen LogP contribution in [0.25, 0.3) is 11.1 Å². The Kier molecular flexibility index (Phi) is 8.00. The lowest BCUT2D eigenvalue weighted by Gasteiger charge is -2.27. The fourth-order valence-electron chi connectivity index (χ4n) is 4.29. The first-order chi connectivity index (χ1) is 18.0. The number of nitrogens with zero attached hydrogens (tertiary/aromatic N) is 1. The third-order valence-corrected chi connectivity index (χ3v) is 5.97. The molecule has 3 aromatic carbocycles. The van der Waals surface area contributed by atoms with Gasteiger partial charge in [0.15, 0.2) is 0 Å². The van der Waals surface area contributed by atoms with Gasteiger partial charge in [-0.15, -0.1) is 0 Å². The van der Waals surface area contributed by atoms with Gasteiger partial charge in [-0.25, -0.2) is 4.79 Å². The normalized spacial score (nSPS) is 11.4. The molecule has 3 N–H and O–H groups in total. The molecule has 0 saturated heterocycles. The number of hydrogen-bond acceptors (Lipinski definition) is 5. The molecule has 37 heavy (non-hydrogen) atoms. The fraction of sp³-hybridized carbons (Fsp3) is 0.138. The van der Waals surface area contributed by atoms with Crippen LogP contribution >= 0.6 is 0 Å². The lowest BCUT2D eigenvalue weighted by molar-refractivity contribution is -0.118. The van der Waals surface area contributed by atoms with Crippen LogP contribution < -0.4 is 20.1 Å². The summed E-state index contributed by atoms with van der Waals surface area (Å²) < 4.78 is 10.9. The number of carbonyl (C=O) groups is 2. The Bertz CT molecular complexity index is 1280. The number of carbonyl (C=O) groups excluding carboxylic acids is 1. The topological polar surface area (TPSA) is 110 Å². The number of ether oxygens (including phenoxy) is 2. The molecule has 1 heterocycles. The highest BCUT2D eigenvalue weighted by molar-refractivity contribution is 5.98. The van der Waals surface area contributed by atoms with Crippen LogP contribution in [-0.4, -0.2) is 42.4 Å². The molecule has 2 amide bonds. The minimum Gasteiger partial charge on any atom is -0.494 e. The van der Waals surface area contributed by atoms with Crippen LogP contribution in [0.5, 0.6) is 11.5 Å². The SMILES string of the molecule is COc1cncc(OC)c1-c1ccc(NC(=O)C(NC(=O)O)C(c2ccccc2)c2ccccc2)cc1. The summed E-state index contributed by atoms with van der Waals surface area (Å²) in [6.45, 7) is 0. The number of anilines is 1. The van der Waals surface area contributed by atoms with E-state index in [1.807, 2.05) is 72.8 Å². The number of carboxylic acid groups (broad SMARTS) is 1. The molecule has 4 rings (SSSR count). The molecule has 0 fully saturated rings. The number of methoxy groups -OCH3 is 2. The predicted octanol–water partition coefficient (Wildman–Crippen LogP) is 5.17. The van der Waals surface area contributed by atoms with Crippen molar-refractivity contribution in [1.82, 2.24) is 10.3 Å². The van der Waals surface area contributed by atoms with Crippen molar-refractivity contribution in [2.75, 3.05) is 19.5 Å². The van der Waals surface area contributed by atoms with Gasteiger partial charge in [-0.2, -0.15) is 0 Å². The standard InChI is InChI=1S/C29H27N3O5/c1-36-23-17-30-18-24(37-2)26(23)21-13-15-22(16-14-21)31-28(33)27(32-29(34)35)25(19-9-5-3-6-10-19)20-11-7-4-8-12-20/h3-18,25,27,32H,1-2H3,(H,31,33)(H,34,35). The summed E-state index contributed by atoms with van der Waals surface area (Å²) in [6, 6.07) is 24.8. The summed E-state index contributed by atoms with van der Waals surface area (Å²) in [5.74, 6) is 0.0842. The maximum Gasteiger partial charge on any atom is 0.405 e. The van der Waals surface area contributed by atoms with Crippen molar-refractivity contribution < 1.29 is 24.2 Å². The molecule has 4 aromatic rings. The third kappa shape index (κ3) is 5.87. The summed E-state index contributed by atoms with van der Waals surface area (Å²) >= 11 is 0. The van der Waals surface area contributed by atoms with Crippen molar-refractivity contribution >= 4 is 17.7 Å². The number of amides is 2. The van der Waals surface area contributed by atoms with E-state index in [1.165, 1.54) is 0 Å². The third-order valence-electron chi connectivity index (χ3n) is 5.97. The Hall–Kier alpha value is -4.85. The van der Waals surface area contributed by atoms with E-state index in [0.29, 0.717) is 17.2 Å².